The number of aliphatic hydroxyl groups is 1. The van der Waals surface area contributed by atoms with Gasteiger partial charge in [0, 0.05) is 44.8 Å². The molecular weight excluding hydrogens is 557 g/mol. The summed E-state index contributed by atoms with van der Waals surface area (Å²) in [5.41, 5.74) is -4.44. The van der Waals surface area contributed by atoms with Gasteiger partial charge in [-0.15, -0.1) is 11.3 Å². The molecule has 0 radical (unpaired) electrons. The number of hydrogen-bond donors (Lipinski definition) is 2. The van der Waals surface area contributed by atoms with Gasteiger partial charge in [-0.05, 0) is 19.3 Å². The molecule has 38 heavy (non-hydrogen) atoms. The predicted octanol–water partition coefficient (Wildman–Crippen LogP) is 3.34. The van der Waals surface area contributed by atoms with Crippen LogP contribution in [0, 0.1) is 5.92 Å². The maximum Gasteiger partial charge on any atom is 0.420 e. The molecule has 208 valence electrons. The fourth-order valence-corrected chi connectivity index (χ4v) is 6.44. The number of nitrogens with zero attached hydrogens (tertiary/aromatic N) is 6. The highest BCUT2D eigenvalue weighted by Gasteiger charge is 2.40. The molecule has 4 heterocycles. The van der Waals surface area contributed by atoms with Crippen molar-refractivity contribution in [3.05, 3.63) is 35.2 Å². The van der Waals surface area contributed by atoms with Crippen molar-refractivity contribution in [1.29, 1.82) is 0 Å². The summed E-state index contributed by atoms with van der Waals surface area (Å²) < 4.78 is 96.0. The number of thiazole rings is 1. The fourth-order valence-electron chi connectivity index (χ4n) is 3.93. The van der Waals surface area contributed by atoms with Gasteiger partial charge in [0.2, 0.25) is 16.0 Å². The van der Waals surface area contributed by atoms with E-state index < -0.39 is 39.5 Å². The van der Waals surface area contributed by atoms with Crippen LogP contribution in [-0.2, 0) is 28.8 Å². The van der Waals surface area contributed by atoms with Gasteiger partial charge in [0.05, 0.1) is 11.1 Å². The van der Waals surface area contributed by atoms with Crippen molar-refractivity contribution in [3.8, 4) is 10.7 Å². The number of hydrogen-bond acceptors (Lipinski definition) is 9. The summed E-state index contributed by atoms with van der Waals surface area (Å²) in [6.45, 7) is 2.91. The van der Waals surface area contributed by atoms with E-state index in [2.05, 4.69) is 25.4 Å². The Kier molecular flexibility index (Phi) is 7.50. The Morgan fingerprint density at radius 1 is 1.21 bits per heavy atom. The van der Waals surface area contributed by atoms with Gasteiger partial charge in [-0.1, -0.05) is 6.92 Å². The predicted molar refractivity (Wildman–Crippen MR) is 127 cm³/mol. The highest BCUT2D eigenvalue weighted by molar-refractivity contribution is 7.89. The molecule has 1 aliphatic rings. The summed E-state index contributed by atoms with van der Waals surface area (Å²) in [6, 6.07) is -0.369. The average Bonchev–Trinajstić information content (AvgIpc) is 3.50. The molecule has 3 aromatic rings. The van der Waals surface area contributed by atoms with Crippen LogP contribution in [0.15, 0.2) is 29.7 Å². The van der Waals surface area contributed by atoms with Crippen molar-refractivity contribution in [2.75, 3.05) is 18.4 Å². The molecule has 0 aromatic carbocycles. The van der Waals surface area contributed by atoms with Crippen LogP contribution in [0.4, 0.5) is 27.9 Å². The first-order chi connectivity index (χ1) is 17.6. The number of sulfonamides is 1. The summed E-state index contributed by atoms with van der Waals surface area (Å²) in [6.07, 6.45) is -3.61. The van der Waals surface area contributed by atoms with Crippen molar-refractivity contribution in [1.82, 2.24) is 29.0 Å². The molecule has 0 amide bonds. The van der Waals surface area contributed by atoms with E-state index in [1.165, 1.54) is 21.4 Å². The third-order valence-corrected chi connectivity index (χ3v) is 9.28. The lowest BCUT2D eigenvalue weighted by Gasteiger charge is -2.36. The Hall–Kier alpha value is -2.76. The van der Waals surface area contributed by atoms with Gasteiger partial charge >= 0.3 is 6.18 Å². The van der Waals surface area contributed by atoms with Crippen LogP contribution in [0.2, 0.25) is 0 Å². The average molecular weight is 582 g/mol. The normalized spacial score (nSPS) is 21.0. The van der Waals surface area contributed by atoms with Gasteiger partial charge in [0.25, 0.3) is 6.43 Å². The minimum absolute atomic E-state index is 0.0583. The van der Waals surface area contributed by atoms with E-state index in [1.807, 2.05) is 0 Å². The van der Waals surface area contributed by atoms with E-state index in [9.17, 15) is 35.5 Å². The first kappa shape index (κ1) is 28.3. The smallest absolute Gasteiger partial charge is 0.379 e. The Labute approximate surface area is 218 Å². The van der Waals surface area contributed by atoms with Crippen LogP contribution >= 0.6 is 11.3 Å². The Bertz CT molecular complexity index is 1410. The van der Waals surface area contributed by atoms with E-state index in [4.69, 9.17) is 0 Å². The van der Waals surface area contributed by atoms with Crippen molar-refractivity contribution in [3.63, 3.8) is 0 Å². The zero-order chi connectivity index (χ0) is 28.0. The van der Waals surface area contributed by atoms with Crippen LogP contribution < -0.4 is 5.32 Å². The number of anilines is 1. The molecule has 4 rings (SSSR count). The molecule has 10 nitrogen and oxygen atoms in total. The van der Waals surface area contributed by atoms with Crippen LogP contribution in [0.5, 0.6) is 0 Å². The number of halogens is 5. The number of aryl methyl sites for hydroxylation is 1. The lowest BCUT2D eigenvalue weighted by molar-refractivity contribution is -0.137. The van der Waals surface area contributed by atoms with E-state index in [1.54, 1.807) is 14.0 Å². The molecule has 1 unspecified atom stereocenters. The second-order valence-corrected chi connectivity index (χ2v) is 12.1. The van der Waals surface area contributed by atoms with E-state index in [0.717, 1.165) is 13.1 Å². The zero-order valence-corrected chi connectivity index (χ0v) is 21.9. The molecule has 0 aliphatic carbocycles. The van der Waals surface area contributed by atoms with Gasteiger partial charge in [-0.25, -0.2) is 32.2 Å². The number of nitrogens with one attached hydrogen (secondary N) is 1. The first-order valence-corrected chi connectivity index (χ1v) is 13.5. The summed E-state index contributed by atoms with van der Waals surface area (Å²) in [5, 5.41) is 16.6. The Morgan fingerprint density at radius 2 is 1.92 bits per heavy atom. The van der Waals surface area contributed by atoms with Crippen molar-refractivity contribution < 1.29 is 35.5 Å². The second-order valence-electron chi connectivity index (χ2n) is 9.16. The number of alkyl halides is 5. The van der Waals surface area contributed by atoms with Gasteiger partial charge in [0.1, 0.15) is 21.2 Å². The molecule has 17 heteroatoms. The largest absolute Gasteiger partial charge is 0.420 e. The zero-order valence-electron chi connectivity index (χ0n) is 20.3. The van der Waals surface area contributed by atoms with Gasteiger partial charge in [-0.2, -0.15) is 22.6 Å². The maximum atomic E-state index is 13.7. The second kappa shape index (κ2) is 10.1. The van der Waals surface area contributed by atoms with E-state index >= 15 is 0 Å². The quantitative estimate of drug-likeness (QED) is 0.407. The number of piperidine rings is 1. The minimum atomic E-state index is -4.86. The van der Waals surface area contributed by atoms with Crippen LogP contribution in [0.1, 0.15) is 30.7 Å². The third-order valence-electron chi connectivity index (χ3n) is 6.23. The minimum Gasteiger partial charge on any atom is -0.379 e. The molecule has 0 bridgehead atoms. The topological polar surface area (TPSA) is 126 Å². The molecule has 1 saturated heterocycles. The standard InChI is InChI=1S/C21H24F5N7O3S2/c1-11-9-33(38(35,36)12-6-29-32(3)10-12)5-4-14(11)30-19-28-7-13(21(24,25)26)16(31-19)17-27-8-15(37-17)20(2,34)18(22)23/h6-8,10-11,14,18,34H,4-5,9H2,1-3H3,(H,28,30,31)/t11-,14+,20?/m1/s1. The highest BCUT2D eigenvalue weighted by Crippen LogP contribution is 2.40. The van der Waals surface area contributed by atoms with Gasteiger partial charge in [-0.3, -0.25) is 4.68 Å². The maximum absolute atomic E-state index is 13.7. The van der Waals surface area contributed by atoms with Crippen molar-refractivity contribution in [2.24, 2.45) is 13.0 Å². The highest BCUT2D eigenvalue weighted by atomic mass is 32.2. The van der Waals surface area contributed by atoms with Gasteiger partial charge < -0.3 is 10.4 Å². The fraction of sp³-hybridized carbons (Fsp3) is 0.524. The Morgan fingerprint density at radius 3 is 2.50 bits per heavy atom. The van der Waals surface area contributed by atoms with Crippen molar-refractivity contribution >= 4 is 27.3 Å². The lowest BCUT2D eigenvalue weighted by Crippen LogP contribution is -2.47. The molecule has 0 spiro atoms. The molecular formula is C21H24F5N7O3S2. The monoisotopic (exact) mass is 581 g/mol. The van der Waals surface area contributed by atoms with E-state index in [0.29, 0.717) is 24.0 Å². The third kappa shape index (κ3) is 5.50. The van der Waals surface area contributed by atoms with Crippen LogP contribution in [0.3, 0.4) is 0 Å². The molecule has 2 N–H and O–H groups in total. The molecule has 1 aliphatic heterocycles. The van der Waals surface area contributed by atoms with Crippen molar-refractivity contribution in [2.45, 2.75) is 49.4 Å². The van der Waals surface area contributed by atoms with Crippen LogP contribution in [0.25, 0.3) is 10.7 Å². The molecule has 0 saturated carbocycles. The lowest BCUT2D eigenvalue weighted by atomic mass is 9.95. The number of aromatic nitrogens is 5. The first-order valence-electron chi connectivity index (χ1n) is 11.3. The summed E-state index contributed by atoms with van der Waals surface area (Å²) in [5.74, 6) is -0.428. The summed E-state index contributed by atoms with van der Waals surface area (Å²) in [4.78, 5) is 11.3. The number of rotatable bonds is 7. The van der Waals surface area contributed by atoms with E-state index in [-0.39, 0.29) is 45.8 Å². The molecule has 1 fully saturated rings. The molecule has 3 aromatic heterocycles. The SMILES string of the molecule is C[C@@H]1CN(S(=O)(=O)c2cnn(C)c2)CC[C@@H]1Nc1ncc(C(F)(F)F)c(-c2ncc(C(C)(O)C(F)F)s2)n1. The Balaban J connectivity index is 1.57. The summed E-state index contributed by atoms with van der Waals surface area (Å²) >= 11 is 0.470. The van der Waals surface area contributed by atoms with Gasteiger partial charge in [0.15, 0.2) is 5.60 Å². The summed E-state index contributed by atoms with van der Waals surface area (Å²) in [7, 11) is -2.16. The van der Waals surface area contributed by atoms with Crippen LogP contribution in [-0.4, -0.2) is 68.1 Å². The molecule has 3 atom stereocenters.